The Hall–Kier alpha value is -1.41. The third-order valence-corrected chi connectivity index (χ3v) is 4.82. The molecule has 1 heterocycles. The normalized spacial score (nSPS) is 14.0. The van der Waals surface area contributed by atoms with Crippen LogP contribution in [0.25, 0.3) is 10.9 Å². The molecule has 1 aromatic carbocycles. The number of rotatable bonds is 6. The van der Waals surface area contributed by atoms with Gasteiger partial charge in [-0.1, -0.05) is 45.4 Å². The van der Waals surface area contributed by atoms with Crippen molar-refractivity contribution >= 4 is 10.9 Å². The second kappa shape index (κ2) is 6.78. The lowest BCUT2D eigenvalue weighted by Crippen LogP contribution is -2.16. The van der Waals surface area contributed by atoms with Gasteiger partial charge in [-0.25, -0.2) is 0 Å². The van der Waals surface area contributed by atoms with Crippen molar-refractivity contribution in [1.29, 1.82) is 0 Å². The predicted octanol–water partition coefficient (Wildman–Crippen LogP) is 4.74. The first-order chi connectivity index (χ1) is 10.7. The molecule has 0 atom stereocenters. The van der Waals surface area contributed by atoms with E-state index in [-0.39, 0.29) is 0 Å². The lowest BCUT2D eigenvalue weighted by molar-refractivity contribution is 0.640. The molecule has 1 aromatic heterocycles. The molecule has 118 valence electrons. The molecule has 1 N–H and O–H groups in total. The van der Waals surface area contributed by atoms with Gasteiger partial charge in [0.05, 0.1) is 5.52 Å². The van der Waals surface area contributed by atoms with Crippen LogP contribution in [0.15, 0.2) is 18.2 Å². The summed E-state index contributed by atoms with van der Waals surface area (Å²) in [6.07, 6.45) is 6.12. The van der Waals surface area contributed by atoms with E-state index in [1.807, 2.05) is 0 Å². The number of nitrogens with one attached hydrogen (secondary N) is 1. The van der Waals surface area contributed by atoms with Crippen molar-refractivity contribution in [3.05, 3.63) is 40.6 Å². The van der Waals surface area contributed by atoms with Gasteiger partial charge < -0.3 is 5.32 Å². The summed E-state index contributed by atoms with van der Waals surface area (Å²) in [5, 5.41) is 5.02. The van der Waals surface area contributed by atoms with E-state index in [0.29, 0.717) is 5.92 Å². The Morgan fingerprint density at radius 2 is 2.09 bits per heavy atom. The standard InChI is InChI=1S/C20H28N2/c1-4-5-12-21-13-18-16-9-7-11-19(16)22-20-15(14(2)3)8-6-10-17(18)20/h6,8,10,14,21H,4-5,7,9,11-13H2,1-3H3. The summed E-state index contributed by atoms with van der Waals surface area (Å²) in [5.41, 5.74) is 7.02. The van der Waals surface area contributed by atoms with E-state index in [1.165, 1.54) is 59.0 Å². The van der Waals surface area contributed by atoms with Crippen molar-refractivity contribution in [2.75, 3.05) is 6.54 Å². The van der Waals surface area contributed by atoms with Crippen LogP contribution in [0.2, 0.25) is 0 Å². The number of hydrogen-bond acceptors (Lipinski definition) is 2. The molecule has 0 unspecified atom stereocenters. The molecule has 0 aliphatic heterocycles. The maximum atomic E-state index is 5.05. The predicted molar refractivity (Wildman–Crippen MR) is 94.5 cm³/mol. The van der Waals surface area contributed by atoms with Gasteiger partial charge in [0.25, 0.3) is 0 Å². The molecular weight excluding hydrogens is 268 g/mol. The summed E-state index contributed by atoms with van der Waals surface area (Å²) in [6, 6.07) is 6.72. The minimum atomic E-state index is 0.525. The molecule has 22 heavy (non-hydrogen) atoms. The summed E-state index contributed by atoms with van der Waals surface area (Å²) in [6.45, 7) is 8.88. The highest BCUT2D eigenvalue weighted by molar-refractivity contribution is 5.87. The van der Waals surface area contributed by atoms with Crippen LogP contribution >= 0.6 is 0 Å². The highest BCUT2D eigenvalue weighted by Gasteiger charge is 2.20. The fourth-order valence-corrected chi connectivity index (χ4v) is 3.59. The van der Waals surface area contributed by atoms with E-state index >= 15 is 0 Å². The van der Waals surface area contributed by atoms with Crippen LogP contribution in [-0.2, 0) is 19.4 Å². The van der Waals surface area contributed by atoms with E-state index in [1.54, 1.807) is 0 Å². The first kappa shape index (κ1) is 15.5. The van der Waals surface area contributed by atoms with Gasteiger partial charge in [0.2, 0.25) is 0 Å². The first-order valence-electron chi connectivity index (χ1n) is 8.86. The number of hydrogen-bond donors (Lipinski definition) is 1. The number of benzene rings is 1. The summed E-state index contributed by atoms with van der Waals surface area (Å²) < 4.78 is 0. The molecule has 2 nitrogen and oxygen atoms in total. The molecule has 0 amide bonds. The third-order valence-electron chi connectivity index (χ3n) is 4.82. The average molecular weight is 296 g/mol. The van der Waals surface area contributed by atoms with Gasteiger partial charge in [0, 0.05) is 17.6 Å². The maximum Gasteiger partial charge on any atom is 0.0743 e. The largest absolute Gasteiger partial charge is 0.313 e. The average Bonchev–Trinajstić information content (AvgIpc) is 2.98. The van der Waals surface area contributed by atoms with Crippen LogP contribution in [0.5, 0.6) is 0 Å². The van der Waals surface area contributed by atoms with Crippen LogP contribution in [-0.4, -0.2) is 11.5 Å². The number of fused-ring (bicyclic) bond motifs is 2. The number of aromatic nitrogens is 1. The van der Waals surface area contributed by atoms with Gasteiger partial charge in [0.1, 0.15) is 0 Å². The summed E-state index contributed by atoms with van der Waals surface area (Å²) in [5.74, 6) is 0.525. The number of pyridine rings is 1. The minimum Gasteiger partial charge on any atom is -0.313 e. The molecule has 0 spiro atoms. The Kier molecular flexibility index (Phi) is 4.77. The summed E-state index contributed by atoms with van der Waals surface area (Å²) >= 11 is 0. The fraction of sp³-hybridized carbons (Fsp3) is 0.550. The van der Waals surface area contributed by atoms with E-state index in [2.05, 4.69) is 44.3 Å². The molecule has 3 rings (SSSR count). The topological polar surface area (TPSA) is 24.9 Å². The van der Waals surface area contributed by atoms with E-state index in [9.17, 15) is 0 Å². The van der Waals surface area contributed by atoms with Gasteiger partial charge in [-0.3, -0.25) is 4.98 Å². The van der Waals surface area contributed by atoms with Gasteiger partial charge in [-0.2, -0.15) is 0 Å². The van der Waals surface area contributed by atoms with E-state index in [0.717, 1.165) is 19.5 Å². The molecule has 1 aliphatic rings. The molecule has 0 fully saturated rings. The molecule has 0 saturated carbocycles. The molecular formula is C20H28N2. The summed E-state index contributed by atoms with van der Waals surface area (Å²) in [7, 11) is 0. The van der Waals surface area contributed by atoms with Crippen molar-refractivity contribution < 1.29 is 0 Å². The molecule has 0 bridgehead atoms. The van der Waals surface area contributed by atoms with Gasteiger partial charge >= 0.3 is 0 Å². The number of nitrogens with zero attached hydrogens (tertiary/aromatic N) is 1. The molecule has 2 aromatic rings. The SMILES string of the molecule is CCCCNCc1c2c(nc3c(C(C)C)cccc13)CCC2. The number of para-hydroxylation sites is 1. The monoisotopic (exact) mass is 296 g/mol. The molecule has 0 radical (unpaired) electrons. The van der Waals surface area contributed by atoms with Gasteiger partial charge in [-0.05, 0) is 54.8 Å². The lowest BCUT2D eigenvalue weighted by Gasteiger charge is -2.16. The summed E-state index contributed by atoms with van der Waals surface area (Å²) in [4.78, 5) is 5.05. The Balaban J connectivity index is 2.06. The first-order valence-corrected chi connectivity index (χ1v) is 8.86. The second-order valence-electron chi connectivity index (χ2n) is 6.80. The smallest absolute Gasteiger partial charge is 0.0743 e. The lowest BCUT2D eigenvalue weighted by atomic mass is 9.94. The van der Waals surface area contributed by atoms with Gasteiger partial charge in [0.15, 0.2) is 0 Å². The Morgan fingerprint density at radius 1 is 1.23 bits per heavy atom. The van der Waals surface area contributed by atoms with Crippen LogP contribution < -0.4 is 5.32 Å². The zero-order valence-corrected chi connectivity index (χ0v) is 14.2. The van der Waals surface area contributed by atoms with Crippen molar-refractivity contribution in [1.82, 2.24) is 10.3 Å². The zero-order valence-electron chi connectivity index (χ0n) is 14.2. The highest BCUT2D eigenvalue weighted by Crippen LogP contribution is 2.33. The van der Waals surface area contributed by atoms with Crippen molar-refractivity contribution in [3.8, 4) is 0 Å². The van der Waals surface area contributed by atoms with Crippen LogP contribution in [0.3, 0.4) is 0 Å². The van der Waals surface area contributed by atoms with E-state index < -0.39 is 0 Å². The Bertz CT molecular complexity index is 658. The number of aryl methyl sites for hydroxylation is 1. The quantitative estimate of drug-likeness (QED) is 0.779. The van der Waals surface area contributed by atoms with Crippen molar-refractivity contribution in [2.24, 2.45) is 0 Å². The molecule has 0 saturated heterocycles. The van der Waals surface area contributed by atoms with Crippen LogP contribution in [0, 0.1) is 0 Å². The van der Waals surface area contributed by atoms with Gasteiger partial charge in [-0.15, -0.1) is 0 Å². The van der Waals surface area contributed by atoms with Crippen LogP contribution in [0.1, 0.15) is 68.3 Å². The second-order valence-corrected chi connectivity index (χ2v) is 6.80. The Labute approximate surface area is 134 Å². The van der Waals surface area contributed by atoms with Crippen molar-refractivity contribution in [2.45, 2.75) is 65.3 Å². The van der Waals surface area contributed by atoms with Crippen LogP contribution in [0.4, 0.5) is 0 Å². The van der Waals surface area contributed by atoms with E-state index in [4.69, 9.17) is 4.98 Å². The molecule has 2 heteroatoms. The number of unbranched alkanes of at least 4 members (excludes halogenated alkanes) is 1. The van der Waals surface area contributed by atoms with Crippen molar-refractivity contribution in [3.63, 3.8) is 0 Å². The highest BCUT2D eigenvalue weighted by atomic mass is 14.9. The zero-order chi connectivity index (χ0) is 15.5. The third kappa shape index (κ3) is 2.89. The fourth-order valence-electron chi connectivity index (χ4n) is 3.59. The Morgan fingerprint density at radius 3 is 2.86 bits per heavy atom. The minimum absolute atomic E-state index is 0.525. The molecule has 1 aliphatic carbocycles. The maximum absolute atomic E-state index is 5.05.